The number of carbonyl (C=O) groups is 1. The molecule has 1 fully saturated rings. The van der Waals surface area contributed by atoms with Gasteiger partial charge in [0.05, 0.1) is 23.0 Å². The third-order valence-electron chi connectivity index (χ3n) is 4.74. The van der Waals surface area contributed by atoms with E-state index in [1.807, 2.05) is 42.5 Å². The molecule has 3 aromatic rings. The molecule has 0 unspecified atom stereocenters. The van der Waals surface area contributed by atoms with Gasteiger partial charge in [0.2, 0.25) is 5.16 Å². The van der Waals surface area contributed by atoms with E-state index in [-0.39, 0.29) is 12.8 Å². The normalized spacial score (nSPS) is 18.4. The third-order valence-corrected chi connectivity index (χ3v) is 7.48. The molecule has 9 heteroatoms. The van der Waals surface area contributed by atoms with Crippen molar-refractivity contribution in [3.8, 4) is 0 Å². The molecular weight excluding hydrogens is 412 g/mol. The first-order valence-corrected chi connectivity index (χ1v) is 11.0. The van der Waals surface area contributed by atoms with Crippen LogP contribution in [0.4, 0.5) is 16.3 Å². The first-order valence-electron chi connectivity index (χ1n) is 8.97. The summed E-state index contributed by atoms with van der Waals surface area (Å²) >= 11 is 6.26. The van der Waals surface area contributed by atoms with Crippen LogP contribution in [0.5, 0.6) is 0 Å². The van der Waals surface area contributed by atoms with E-state index in [9.17, 15) is 4.79 Å². The van der Waals surface area contributed by atoms with E-state index in [4.69, 9.17) is 20.0 Å². The number of hydrogen-bond donors (Lipinski definition) is 1. The zero-order valence-corrected chi connectivity index (χ0v) is 16.8. The van der Waals surface area contributed by atoms with Crippen molar-refractivity contribution < 1.29 is 13.2 Å². The summed E-state index contributed by atoms with van der Waals surface area (Å²) in [5.41, 5.74) is 2.51. The molecule has 2 aromatic carbocycles. The number of nitrogens with one attached hydrogen (secondary N) is 1. The largest absolute Gasteiger partial charge is 0.327 e. The van der Waals surface area contributed by atoms with Crippen LogP contribution >= 0.6 is 22.2 Å². The second kappa shape index (κ2) is 7.31. The molecule has 2 aliphatic rings. The maximum absolute atomic E-state index is 12.7. The lowest BCUT2D eigenvalue weighted by atomic mass is 10.2. The predicted molar refractivity (Wildman–Crippen MR) is 112 cm³/mol. The quantitative estimate of drug-likeness (QED) is 0.599. The highest BCUT2D eigenvalue weighted by molar-refractivity contribution is 8.25. The molecule has 148 valence electrons. The van der Waals surface area contributed by atoms with Crippen LogP contribution in [0.1, 0.15) is 11.1 Å². The van der Waals surface area contributed by atoms with E-state index >= 15 is 0 Å². The number of aromatic nitrogens is 2. The highest BCUT2D eigenvalue weighted by atomic mass is 35.5. The van der Waals surface area contributed by atoms with Gasteiger partial charge in [-0.05, 0) is 17.7 Å². The Labute approximate surface area is 174 Å². The lowest BCUT2D eigenvalue weighted by Gasteiger charge is -2.48. The summed E-state index contributed by atoms with van der Waals surface area (Å²) < 4.78 is 11.7. The van der Waals surface area contributed by atoms with E-state index in [1.165, 1.54) is 0 Å². The van der Waals surface area contributed by atoms with Gasteiger partial charge in [0.25, 0.3) is 0 Å². The molecule has 0 bridgehead atoms. The van der Waals surface area contributed by atoms with Crippen LogP contribution in [0, 0.1) is 0 Å². The number of rotatable bonds is 4. The predicted octanol–water partition coefficient (Wildman–Crippen LogP) is 4.88. The monoisotopic (exact) mass is 428 g/mol. The summed E-state index contributed by atoms with van der Waals surface area (Å²) in [6.07, 6.45) is 1.71. The van der Waals surface area contributed by atoms with Crippen LogP contribution < -0.4 is 10.2 Å². The van der Waals surface area contributed by atoms with Crippen molar-refractivity contribution >= 4 is 39.7 Å². The highest BCUT2D eigenvalue weighted by Gasteiger charge is 2.37. The maximum atomic E-state index is 12.7. The van der Waals surface area contributed by atoms with E-state index in [0.717, 1.165) is 11.1 Å². The fourth-order valence-electron chi connectivity index (χ4n) is 3.25. The van der Waals surface area contributed by atoms with Crippen LogP contribution in [0.25, 0.3) is 0 Å². The first kappa shape index (κ1) is 18.4. The Morgan fingerprint density at radius 3 is 2.59 bits per heavy atom. The Balaban J connectivity index is 1.44. The molecule has 7 nitrogen and oxygen atoms in total. The summed E-state index contributed by atoms with van der Waals surface area (Å²) in [5, 5.41) is 3.82. The molecular formula is C20H17ClN4O3S. The van der Waals surface area contributed by atoms with Crippen LogP contribution in [-0.2, 0) is 20.7 Å². The molecule has 1 saturated heterocycles. The molecule has 29 heavy (non-hydrogen) atoms. The molecule has 1 aromatic heterocycles. The van der Waals surface area contributed by atoms with E-state index < -0.39 is 10.6 Å². The molecule has 0 saturated carbocycles. The molecule has 5 rings (SSSR count). The van der Waals surface area contributed by atoms with Gasteiger partial charge in [-0.25, -0.2) is 18.1 Å². The second-order valence-electron chi connectivity index (χ2n) is 6.59. The van der Waals surface area contributed by atoms with Gasteiger partial charge in [0.1, 0.15) is 5.82 Å². The van der Waals surface area contributed by atoms with Crippen molar-refractivity contribution in [1.82, 2.24) is 9.97 Å². The van der Waals surface area contributed by atoms with Crippen molar-refractivity contribution in [2.75, 3.05) is 17.0 Å². The average Bonchev–Trinajstić information content (AvgIpc) is 2.71. The standard InChI is InChI=1S/C20H17ClN4O3S/c21-16-8-4-5-9-17(16)25-11-15-10-22-19(23-18(15)24-20(25)26)29(27-13-28-29)12-14-6-2-1-3-7-14/h1-10H,11-13H2,(H,22,23,24,26). The summed E-state index contributed by atoms with van der Waals surface area (Å²) in [6, 6.07) is 16.9. The topological polar surface area (TPSA) is 76.6 Å². The number of benzene rings is 2. The lowest BCUT2D eigenvalue weighted by Crippen LogP contribution is -2.39. The Hall–Kier alpha value is -2.65. The fourth-order valence-corrected chi connectivity index (χ4v) is 5.40. The number of carbonyl (C=O) groups excluding carboxylic acids is 1. The van der Waals surface area contributed by atoms with Crippen LogP contribution in [0.3, 0.4) is 0 Å². The number of hydrogen-bond acceptors (Lipinski definition) is 5. The van der Waals surface area contributed by atoms with Gasteiger partial charge in [0, 0.05) is 11.8 Å². The highest BCUT2D eigenvalue weighted by Crippen LogP contribution is 2.64. The molecule has 2 aliphatic heterocycles. The summed E-state index contributed by atoms with van der Waals surface area (Å²) in [6.45, 7) is 0.545. The van der Waals surface area contributed by atoms with Crippen molar-refractivity contribution in [1.29, 1.82) is 0 Å². The SMILES string of the molecule is O=C1Nc2nc(S3(Cc4ccccc4)OCO3)ncc2CN1c1ccccc1Cl. The molecule has 3 heterocycles. The minimum absolute atomic E-state index is 0.218. The van der Waals surface area contributed by atoms with Crippen LogP contribution in [0.2, 0.25) is 5.02 Å². The molecule has 0 atom stereocenters. The number of nitrogens with zero attached hydrogens (tertiary/aromatic N) is 3. The van der Waals surface area contributed by atoms with Crippen molar-refractivity contribution in [3.05, 3.63) is 76.9 Å². The van der Waals surface area contributed by atoms with Crippen molar-refractivity contribution in [2.45, 2.75) is 17.5 Å². The number of anilines is 2. The van der Waals surface area contributed by atoms with Gasteiger partial charge in [-0.3, -0.25) is 10.2 Å². The van der Waals surface area contributed by atoms with Crippen molar-refractivity contribution in [3.63, 3.8) is 0 Å². The van der Waals surface area contributed by atoms with E-state index in [1.54, 1.807) is 23.2 Å². The zero-order valence-electron chi connectivity index (χ0n) is 15.2. The number of halogens is 1. The van der Waals surface area contributed by atoms with Gasteiger partial charge in [-0.2, -0.15) is 4.98 Å². The third kappa shape index (κ3) is 3.34. The van der Waals surface area contributed by atoms with E-state index in [0.29, 0.717) is 34.0 Å². The number of urea groups is 1. The number of para-hydroxylation sites is 1. The zero-order chi connectivity index (χ0) is 19.8. The Bertz CT molecular complexity index is 1080. The smallest absolute Gasteiger partial charge is 0.291 e. The summed E-state index contributed by atoms with van der Waals surface area (Å²) in [7, 11) is -2.06. The molecule has 0 radical (unpaired) electrons. The number of fused-ring (bicyclic) bond motifs is 1. The summed E-state index contributed by atoms with van der Waals surface area (Å²) in [5.74, 6) is 1.04. The Morgan fingerprint density at radius 2 is 1.86 bits per heavy atom. The Morgan fingerprint density at radius 1 is 1.10 bits per heavy atom. The summed E-state index contributed by atoms with van der Waals surface area (Å²) in [4.78, 5) is 23.4. The molecule has 1 N–H and O–H groups in total. The maximum Gasteiger partial charge on any atom is 0.327 e. The van der Waals surface area contributed by atoms with Gasteiger partial charge < -0.3 is 0 Å². The Kier molecular flexibility index (Phi) is 4.63. The fraction of sp³-hybridized carbons (Fsp3) is 0.150. The van der Waals surface area contributed by atoms with E-state index in [2.05, 4.69) is 15.3 Å². The molecule has 0 aliphatic carbocycles. The van der Waals surface area contributed by atoms with Crippen LogP contribution in [0.15, 0.2) is 66.0 Å². The average molecular weight is 429 g/mol. The van der Waals surface area contributed by atoms with Gasteiger partial charge in [-0.15, -0.1) is 10.6 Å². The molecule has 0 spiro atoms. The van der Waals surface area contributed by atoms with Gasteiger partial charge in [0.15, 0.2) is 6.79 Å². The minimum atomic E-state index is -2.06. The minimum Gasteiger partial charge on any atom is -0.291 e. The second-order valence-corrected chi connectivity index (χ2v) is 9.35. The lowest BCUT2D eigenvalue weighted by molar-refractivity contribution is 0.0434. The number of amides is 2. The first-order chi connectivity index (χ1) is 14.1. The molecule has 2 amide bonds. The van der Waals surface area contributed by atoms with Crippen LogP contribution in [-0.4, -0.2) is 22.8 Å². The van der Waals surface area contributed by atoms with Crippen molar-refractivity contribution in [2.24, 2.45) is 0 Å². The van der Waals surface area contributed by atoms with Gasteiger partial charge in [-0.1, -0.05) is 54.1 Å². The van der Waals surface area contributed by atoms with Gasteiger partial charge >= 0.3 is 6.03 Å².